The van der Waals surface area contributed by atoms with E-state index in [1.165, 1.54) is 24.3 Å². The number of amides is 1. The Kier molecular flexibility index (Phi) is 6.55. The van der Waals surface area contributed by atoms with Gasteiger partial charge in [0.1, 0.15) is 5.75 Å². The van der Waals surface area contributed by atoms with Crippen LogP contribution in [0, 0.1) is 0 Å². The van der Waals surface area contributed by atoms with Crippen molar-refractivity contribution in [3.63, 3.8) is 0 Å². The maximum absolute atomic E-state index is 12.1. The number of nitrogens with zero attached hydrogens (tertiary/aromatic N) is 2. The van der Waals surface area contributed by atoms with Gasteiger partial charge in [0, 0.05) is 31.9 Å². The normalized spacial score (nSPS) is 11.0. The highest BCUT2D eigenvalue weighted by Gasteiger charge is 2.30. The van der Waals surface area contributed by atoms with E-state index in [0.717, 1.165) is 5.56 Å². The molecule has 0 radical (unpaired) electrons. The highest BCUT2D eigenvalue weighted by atomic mass is 19.4. The molecule has 6 nitrogen and oxygen atoms in total. The van der Waals surface area contributed by atoms with Crippen LogP contribution in [0.1, 0.15) is 12.0 Å². The molecule has 1 amide bonds. The van der Waals surface area contributed by atoms with Crippen molar-refractivity contribution in [2.45, 2.75) is 19.2 Å². The summed E-state index contributed by atoms with van der Waals surface area (Å²) in [4.78, 5) is 19.6. The fourth-order valence-electron chi connectivity index (χ4n) is 1.97. The molecule has 9 heteroatoms. The zero-order valence-electron chi connectivity index (χ0n) is 13.2. The highest BCUT2D eigenvalue weighted by molar-refractivity contribution is 5.76. The van der Waals surface area contributed by atoms with Gasteiger partial charge in [-0.15, -0.1) is 13.2 Å². The molecule has 25 heavy (non-hydrogen) atoms. The average Bonchev–Trinajstić information content (AvgIpc) is 2.56. The quantitative estimate of drug-likeness (QED) is 0.762. The lowest BCUT2D eigenvalue weighted by molar-refractivity contribution is -0.274. The van der Waals surface area contributed by atoms with Gasteiger partial charge in [-0.25, -0.2) is 9.97 Å². The van der Waals surface area contributed by atoms with Crippen LogP contribution >= 0.6 is 0 Å². The van der Waals surface area contributed by atoms with Crippen LogP contribution in [0.5, 0.6) is 5.75 Å². The molecule has 0 atom stereocenters. The van der Waals surface area contributed by atoms with Gasteiger partial charge >= 0.3 is 6.36 Å². The molecule has 0 aliphatic carbocycles. The smallest absolute Gasteiger partial charge is 0.406 e. The second kappa shape index (κ2) is 8.86. The third kappa shape index (κ3) is 7.51. The molecule has 2 rings (SSSR count). The van der Waals surface area contributed by atoms with Crippen molar-refractivity contribution in [1.82, 2.24) is 15.3 Å². The Morgan fingerprint density at radius 2 is 1.76 bits per heavy atom. The molecule has 0 bridgehead atoms. The van der Waals surface area contributed by atoms with Gasteiger partial charge in [-0.2, -0.15) is 0 Å². The number of halogens is 3. The van der Waals surface area contributed by atoms with Gasteiger partial charge in [0.05, 0.1) is 0 Å². The third-order valence-corrected chi connectivity index (χ3v) is 3.09. The summed E-state index contributed by atoms with van der Waals surface area (Å²) in [5.41, 5.74) is 0.797. The van der Waals surface area contributed by atoms with E-state index in [1.807, 2.05) is 0 Å². The van der Waals surface area contributed by atoms with Crippen molar-refractivity contribution in [1.29, 1.82) is 0 Å². The van der Waals surface area contributed by atoms with Crippen LogP contribution in [0.15, 0.2) is 42.7 Å². The first kappa shape index (κ1) is 18.5. The first-order valence-corrected chi connectivity index (χ1v) is 7.55. The lowest BCUT2D eigenvalue weighted by Crippen LogP contribution is -2.27. The topological polar surface area (TPSA) is 76.1 Å². The molecule has 2 aromatic rings. The first-order valence-electron chi connectivity index (χ1n) is 7.55. The maximum atomic E-state index is 12.1. The molecule has 1 aromatic carbocycles. The minimum atomic E-state index is -4.70. The number of rotatable bonds is 8. The van der Waals surface area contributed by atoms with Gasteiger partial charge in [-0.1, -0.05) is 12.1 Å². The number of hydrogen-bond acceptors (Lipinski definition) is 5. The summed E-state index contributed by atoms with van der Waals surface area (Å²) in [6.45, 7) is 0.791. The van der Waals surface area contributed by atoms with E-state index in [4.69, 9.17) is 0 Å². The molecular weight excluding hydrogens is 337 g/mol. The summed E-state index contributed by atoms with van der Waals surface area (Å²) >= 11 is 0. The summed E-state index contributed by atoms with van der Waals surface area (Å²) in [6.07, 6.45) is -0.737. The van der Waals surface area contributed by atoms with Crippen LogP contribution in [-0.4, -0.2) is 35.3 Å². The van der Waals surface area contributed by atoms with E-state index in [-0.39, 0.29) is 18.1 Å². The van der Waals surface area contributed by atoms with Crippen molar-refractivity contribution in [3.05, 3.63) is 48.3 Å². The van der Waals surface area contributed by atoms with E-state index in [0.29, 0.717) is 25.5 Å². The van der Waals surface area contributed by atoms with Gasteiger partial charge in [0.25, 0.3) is 0 Å². The molecule has 0 aliphatic heterocycles. The Morgan fingerprint density at radius 1 is 1.08 bits per heavy atom. The van der Waals surface area contributed by atoms with Gasteiger partial charge in [0.15, 0.2) is 0 Å². The Bertz CT molecular complexity index is 663. The summed E-state index contributed by atoms with van der Waals surface area (Å²) < 4.78 is 40.0. The molecule has 0 unspecified atom stereocenters. The van der Waals surface area contributed by atoms with Crippen molar-refractivity contribution >= 4 is 11.9 Å². The number of nitrogens with one attached hydrogen (secondary N) is 2. The molecule has 0 saturated carbocycles. The monoisotopic (exact) mass is 354 g/mol. The second-order valence-corrected chi connectivity index (χ2v) is 5.04. The zero-order chi connectivity index (χ0) is 18.1. The number of anilines is 1. The molecule has 0 spiro atoms. The zero-order valence-corrected chi connectivity index (χ0v) is 13.2. The van der Waals surface area contributed by atoms with Crippen LogP contribution in [0.25, 0.3) is 0 Å². The Balaban J connectivity index is 1.63. The predicted molar refractivity (Wildman–Crippen MR) is 85.0 cm³/mol. The van der Waals surface area contributed by atoms with E-state index < -0.39 is 6.36 Å². The van der Waals surface area contributed by atoms with Crippen molar-refractivity contribution in [3.8, 4) is 5.75 Å². The number of carbonyl (C=O) groups is 1. The number of ether oxygens (including phenoxy) is 1. The highest BCUT2D eigenvalue weighted by Crippen LogP contribution is 2.22. The first-order chi connectivity index (χ1) is 11.9. The number of carbonyl (C=O) groups excluding carboxylic acids is 1. The van der Waals surface area contributed by atoms with Crippen molar-refractivity contribution < 1.29 is 22.7 Å². The minimum absolute atomic E-state index is 0.138. The summed E-state index contributed by atoms with van der Waals surface area (Å²) in [7, 11) is 0. The van der Waals surface area contributed by atoms with Crippen LogP contribution in [0.3, 0.4) is 0 Å². The van der Waals surface area contributed by atoms with Gasteiger partial charge in [-0.05, 0) is 30.2 Å². The van der Waals surface area contributed by atoms with Gasteiger partial charge < -0.3 is 15.4 Å². The molecule has 0 saturated heterocycles. The number of benzene rings is 1. The summed E-state index contributed by atoms with van der Waals surface area (Å²) in [6, 6.07) is 7.24. The summed E-state index contributed by atoms with van der Waals surface area (Å²) in [5, 5.41) is 5.66. The Labute approximate surface area is 142 Å². The van der Waals surface area contributed by atoms with E-state index in [1.54, 1.807) is 18.5 Å². The van der Waals surface area contributed by atoms with Crippen molar-refractivity contribution in [2.75, 3.05) is 18.4 Å². The Hall–Kier alpha value is -2.84. The van der Waals surface area contributed by atoms with Gasteiger partial charge in [-0.3, -0.25) is 4.79 Å². The van der Waals surface area contributed by atoms with Crippen LogP contribution in [0.4, 0.5) is 19.1 Å². The molecular formula is C16H17F3N4O2. The van der Waals surface area contributed by atoms with Gasteiger partial charge in [0.2, 0.25) is 11.9 Å². The maximum Gasteiger partial charge on any atom is 0.573 e. The molecule has 2 N–H and O–H groups in total. The number of hydrogen-bond donors (Lipinski definition) is 2. The van der Waals surface area contributed by atoms with E-state index in [2.05, 4.69) is 25.3 Å². The molecule has 134 valence electrons. The minimum Gasteiger partial charge on any atom is -0.406 e. The standard InChI is InChI=1S/C16H17F3N4O2/c17-16(18,19)25-13-4-2-12(3-5-13)6-10-20-14(24)7-11-23-15-21-8-1-9-22-15/h1-5,8-9H,6-7,10-11H2,(H,20,24)(H,21,22,23). The van der Waals surface area contributed by atoms with E-state index >= 15 is 0 Å². The molecule has 0 aliphatic rings. The average molecular weight is 354 g/mol. The number of aromatic nitrogens is 2. The second-order valence-electron chi connectivity index (χ2n) is 5.04. The summed E-state index contributed by atoms with van der Waals surface area (Å²) in [5.74, 6) is 0.0476. The molecule has 0 fully saturated rings. The van der Waals surface area contributed by atoms with Crippen LogP contribution in [-0.2, 0) is 11.2 Å². The lowest BCUT2D eigenvalue weighted by atomic mass is 10.1. The Morgan fingerprint density at radius 3 is 2.40 bits per heavy atom. The van der Waals surface area contributed by atoms with Crippen LogP contribution < -0.4 is 15.4 Å². The largest absolute Gasteiger partial charge is 0.573 e. The predicted octanol–water partition coefficient (Wildman–Crippen LogP) is 2.54. The SMILES string of the molecule is O=C(CCNc1ncccn1)NCCc1ccc(OC(F)(F)F)cc1. The van der Waals surface area contributed by atoms with Crippen LogP contribution in [0.2, 0.25) is 0 Å². The number of alkyl halides is 3. The molecule has 1 heterocycles. The fraction of sp³-hybridized carbons (Fsp3) is 0.312. The van der Waals surface area contributed by atoms with E-state index in [9.17, 15) is 18.0 Å². The molecule has 1 aromatic heterocycles. The fourth-order valence-corrected chi connectivity index (χ4v) is 1.97. The lowest BCUT2D eigenvalue weighted by Gasteiger charge is -2.09. The van der Waals surface area contributed by atoms with Crippen molar-refractivity contribution in [2.24, 2.45) is 0 Å². The third-order valence-electron chi connectivity index (χ3n) is 3.09.